The van der Waals surface area contributed by atoms with Crippen molar-refractivity contribution in [1.82, 2.24) is 5.43 Å². The second-order valence-electron chi connectivity index (χ2n) is 5.11. The molecule has 9 heteroatoms. The van der Waals surface area contributed by atoms with Crippen LogP contribution in [0.1, 0.15) is 11.1 Å². The highest BCUT2D eigenvalue weighted by Crippen LogP contribution is 2.23. The summed E-state index contributed by atoms with van der Waals surface area (Å²) < 4.78 is 45.7. The van der Waals surface area contributed by atoms with Crippen molar-refractivity contribution in [1.29, 1.82) is 0 Å². The Bertz CT molecular complexity index is 810. The number of halogens is 4. The van der Waals surface area contributed by atoms with Crippen LogP contribution in [-0.4, -0.2) is 25.1 Å². The summed E-state index contributed by atoms with van der Waals surface area (Å²) in [6.07, 6.45) is -3.59. The van der Waals surface area contributed by atoms with Crippen LogP contribution in [-0.2, 0) is 4.79 Å². The second kappa shape index (κ2) is 8.57. The van der Waals surface area contributed by atoms with Gasteiger partial charge in [-0.2, -0.15) is 5.10 Å². The van der Waals surface area contributed by atoms with Gasteiger partial charge in [0.25, 0.3) is 5.91 Å². The monoisotopic (exact) mass is 386 g/mol. The van der Waals surface area contributed by atoms with E-state index in [1.807, 2.05) is 0 Å². The van der Waals surface area contributed by atoms with E-state index in [0.717, 1.165) is 17.7 Å². The third kappa shape index (κ3) is 6.64. The highest BCUT2D eigenvalue weighted by molar-refractivity contribution is 6.30. The number of hydrogen-bond acceptors (Lipinski definition) is 4. The molecule has 0 heterocycles. The van der Waals surface area contributed by atoms with Crippen LogP contribution in [0.2, 0.25) is 5.02 Å². The fraction of sp³-hybridized carbons (Fsp3) is 0.176. The van der Waals surface area contributed by atoms with Crippen molar-refractivity contribution < 1.29 is 27.4 Å². The molecule has 0 spiro atoms. The molecule has 2 aromatic carbocycles. The molecule has 0 aliphatic carbocycles. The first-order chi connectivity index (χ1) is 12.2. The molecule has 1 N–H and O–H groups in total. The van der Waals surface area contributed by atoms with Gasteiger partial charge in [0.05, 0.1) is 6.21 Å². The second-order valence-corrected chi connectivity index (χ2v) is 5.55. The first-order valence-corrected chi connectivity index (χ1v) is 7.67. The van der Waals surface area contributed by atoms with Crippen LogP contribution < -0.4 is 14.9 Å². The van der Waals surface area contributed by atoms with Gasteiger partial charge in [0.2, 0.25) is 0 Å². The van der Waals surface area contributed by atoms with Gasteiger partial charge in [0.1, 0.15) is 11.5 Å². The number of hydrogen-bond donors (Lipinski definition) is 1. The highest BCUT2D eigenvalue weighted by Gasteiger charge is 2.31. The van der Waals surface area contributed by atoms with E-state index in [0.29, 0.717) is 16.3 Å². The normalized spacial score (nSPS) is 11.4. The summed E-state index contributed by atoms with van der Waals surface area (Å²) in [6, 6.07) is 10.1. The van der Waals surface area contributed by atoms with E-state index in [9.17, 15) is 18.0 Å². The topological polar surface area (TPSA) is 59.9 Å². The standard InChI is InChI=1S/C17H14ClF3N2O3/c1-11-7-13(18)5-6-15(11)25-10-16(24)23-22-9-12-3-2-4-14(8-12)26-17(19,20)21/h2-9H,10H2,1H3,(H,23,24)/b22-9+. The third-order valence-electron chi connectivity index (χ3n) is 2.99. The highest BCUT2D eigenvalue weighted by atomic mass is 35.5. The number of ether oxygens (including phenoxy) is 2. The Hall–Kier alpha value is -2.74. The van der Waals surface area contributed by atoms with Crippen LogP contribution in [0.3, 0.4) is 0 Å². The summed E-state index contributed by atoms with van der Waals surface area (Å²) in [6.45, 7) is 1.50. The van der Waals surface area contributed by atoms with Gasteiger partial charge in [-0.1, -0.05) is 23.7 Å². The van der Waals surface area contributed by atoms with Crippen molar-refractivity contribution in [3.63, 3.8) is 0 Å². The van der Waals surface area contributed by atoms with Crippen molar-refractivity contribution in [2.75, 3.05) is 6.61 Å². The number of benzene rings is 2. The van der Waals surface area contributed by atoms with E-state index in [-0.39, 0.29) is 12.4 Å². The van der Waals surface area contributed by atoms with Crippen LogP contribution in [0, 0.1) is 6.92 Å². The Morgan fingerprint density at radius 2 is 2.04 bits per heavy atom. The van der Waals surface area contributed by atoms with E-state index in [1.54, 1.807) is 25.1 Å². The molecule has 0 unspecified atom stereocenters. The summed E-state index contributed by atoms with van der Waals surface area (Å²) in [4.78, 5) is 11.7. The molecule has 0 saturated heterocycles. The van der Waals surface area contributed by atoms with Gasteiger partial charge < -0.3 is 9.47 Å². The van der Waals surface area contributed by atoms with Crippen molar-refractivity contribution >= 4 is 23.7 Å². The number of rotatable bonds is 6. The Labute approximate surface area is 152 Å². The molecule has 0 aromatic heterocycles. The predicted molar refractivity (Wildman–Crippen MR) is 90.5 cm³/mol. The van der Waals surface area contributed by atoms with Gasteiger partial charge in [-0.15, -0.1) is 13.2 Å². The van der Waals surface area contributed by atoms with E-state index in [1.165, 1.54) is 18.3 Å². The first-order valence-electron chi connectivity index (χ1n) is 7.29. The number of nitrogens with zero attached hydrogens (tertiary/aromatic N) is 1. The number of amides is 1. The predicted octanol–water partition coefficient (Wildman–Crippen LogP) is 4.08. The Morgan fingerprint density at radius 3 is 2.73 bits per heavy atom. The van der Waals surface area contributed by atoms with Gasteiger partial charge in [-0.3, -0.25) is 4.79 Å². The van der Waals surface area contributed by atoms with Crippen molar-refractivity contribution in [3.8, 4) is 11.5 Å². The Morgan fingerprint density at radius 1 is 1.27 bits per heavy atom. The van der Waals surface area contributed by atoms with E-state index >= 15 is 0 Å². The molecule has 0 saturated carbocycles. The summed E-state index contributed by atoms with van der Waals surface area (Å²) in [5.41, 5.74) is 3.31. The molecular weight excluding hydrogens is 373 g/mol. The van der Waals surface area contributed by atoms with E-state index in [2.05, 4.69) is 15.3 Å². The molecule has 5 nitrogen and oxygen atoms in total. The lowest BCUT2D eigenvalue weighted by Crippen LogP contribution is -2.24. The minimum Gasteiger partial charge on any atom is -0.483 e. The zero-order valence-electron chi connectivity index (χ0n) is 13.5. The number of aryl methyl sites for hydroxylation is 1. The zero-order chi connectivity index (χ0) is 19.2. The molecule has 0 bridgehead atoms. The van der Waals surface area contributed by atoms with E-state index < -0.39 is 12.3 Å². The number of carbonyl (C=O) groups is 1. The largest absolute Gasteiger partial charge is 0.573 e. The smallest absolute Gasteiger partial charge is 0.483 e. The molecule has 2 aromatic rings. The minimum absolute atomic E-state index is 0.281. The lowest BCUT2D eigenvalue weighted by Gasteiger charge is -2.09. The molecule has 138 valence electrons. The maximum atomic E-state index is 12.2. The average Bonchev–Trinajstić information content (AvgIpc) is 2.53. The maximum absolute atomic E-state index is 12.2. The summed E-state index contributed by atoms with van der Waals surface area (Å²) >= 11 is 5.83. The van der Waals surface area contributed by atoms with Crippen molar-refractivity contribution in [2.24, 2.45) is 5.10 Å². The van der Waals surface area contributed by atoms with Gasteiger partial charge in [-0.05, 0) is 48.4 Å². The molecule has 2 rings (SSSR count). The fourth-order valence-electron chi connectivity index (χ4n) is 1.92. The van der Waals surface area contributed by atoms with Gasteiger partial charge >= 0.3 is 6.36 Å². The molecule has 0 fully saturated rings. The van der Waals surface area contributed by atoms with Crippen molar-refractivity contribution in [3.05, 3.63) is 58.6 Å². The molecule has 26 heavy (non-hydrogen) atoms. The van der Waals surface area contributed by atoms with Crippen LogP contribution in [0.4, 0.5) is 13.2 Å². The van der Waals surface area contributed by atoms with Crippen LogP contribution >= 0.6 is 11.6 Å². The summed E-state index contributed by atoms with van der Waals surface area (Å²) in [7, 11) is 0. The van der Waals surface area contributed by atoms with Gasteiger partial charge in [0.15, 0.2) is 6.61 Å². The molecular formula is C17H14ClF3N2O3. The molecule has 0 atom stereocenters. The molecule has 0 aliphatic heterocycles. The molecule has 1 amide bonds. The van der Waals surface area contributed by atoms with Crippen LogP contribution in [0.15, 0.2) is 47.6 Å². The maximum Gasteiger partial charge on any atom is 0.573 e. The van der Waals surface area contributed by atoms with Gasteiger partial charge in [-0.25, -0.2) is 5.43 Å². The summed E-state index contributed by atoms with van der Waals surface area (Å²) in [5.74, 6) is -0.404. The van der Waals surface area contributed by atoms with E-state index in [4.69, 9.17) is 16.3 Å². The SMILES string of the molecule is Cc1cc(Cl)ccc1OCC(=O)N/N=C/c1cccc(OC(F)(F)F)c1. The van der Waals surface area contributed by atoms with Gasteiger partial charge in [0, 0.05) is 5.02 Å². The minimum atomic E-state index is -4.78. The lowest BCUT2D eigenvalue weighted by molar-refractivity contribution is -0.274. The number of alkyl halides is 3. The molecule has 0 aliphatic rings. The Kier molecular flexibility index (Phi) is 6.46. The fourth-order valence-corrected chi connectivity index (χ4v) is 2.15. The average molecular weight is 387 g/mol. The van der Waals surface area contributed by atoms with Crippen LogP contribution in [0.5, 0.6) is 11.5 Å². The summed E-state index contributed by atoms with van der Waals surface area (Å²) in [5, 5.41) is 4.22. The number of nitrogens with one attached hydrogen (secondary N) is 1. The first kappa shape index (κ1) is 19.6. The Balaban J connectivity index is 1.86. The van der Waals surface area contributed by atoms with Crippen molar-refractivity contribution in [2.45, 2.75) is 13.3 Å². The molecule has 0 radical (unpaired) electrons. The van der Waals surface area contributed by atoms with Crippen LogP contribution in [0.25, 0.3) is 0 Å². The third-order valence-corrected chi connectivity index (χ3v) is 3.23. The number of carbonyl (C=O) groups excluding carboxylic acids is 1. The lowest BCUT2D eigenvalue weighted by atomic mass is 10.2. The zero-order valence-corrected chi connectivity index (χ0v) is 14.3. The number of hydrazone groups is 1. The quantitative estimate of drug-likeness (QED) is 0.601.